The summed E-state index contributed by atoms with van der Waals surface area (Å²) in [6.45, 7) is 3.92. The highest BCUT2D eigenvalue weighted by molar-refractivity contribution is 5.79. The molecule has 29 heavy (non-hydrogen) atoms. The maximum absolute atomic E-state index is 12.8. The zero-order valence-electron chi connectivity index (χ0n) is 16.9. The van der Waals surface area contributed by atoms with Gasteiger partial charge in [0, 0.05) is 31.6 Å². The first-order valence-electron chi connectivity index (χ1n) is 10.6. The van der Waals surface area contributed by atoms with E-state index in [1.807, 2.05) is 0 Å². The lowest BCUT2D eigenvalue weighted by molar-refractivity contribution is -0.384. The van der Waals surface area contributed by atoms with Gasteiger partial charge in [0.25, 0.3) is 5.69 Å². The van der Waals surface area contributed by atoms with Crippen molar-refractivity contribution in [1.82, 2.24) is 9.80 Å². The van der Waals surface area contributed by atoms with Crippen LogP contribution in [0.15, 0.2) is 24.3 Å². The number of carbonyl (C=O) groups excluding carboxylic acids is 1. The van der Waals surface area contributed by atoms with E-state index in [4.69, 9.17) is 4.74 Å². The van der Waals surface area contributed by atoms with E-state index in [1.165, 1.54) is 25.0 Å². The molecule has 2 fully saturated rings. The van der Waals surface area contributed by atoms with Crippen LogP contribution < -0.4 is 4.74 Å². The van der Waals surface area contributed by atoms with Gasteiger partial charge in [-0.3, -0.25) is 14.9 Å². The van der Waals surface area contributed by atoms with E-state index in [0.29, 0.717) is 18.2 Å². The number of nitrogens with zero attached hydrogens (tertiary/aromatic N) is 3. The van der Waals surface area contributed by atoms with Gasteiger partial charge >= 0.3 is 0 Å². The van der Waals surface area contributed by atoms with Crippen LogP contribution in [0.3, 0.4) is 0 Å². The van der Waals surface area contributed by atoms with Crippen molar-refractivity contribution >= 4 is 11.6 Å². The Hall–Kier alpha value is -2.19. The Morgan fingerprint density at radius 2 is 1.86 bits per heavy atom. The highest BCUT2D eigenvalue weighted by Crippen LogP contribution is 2.22. The smallest absolute Gasteiger partial charge is 0.273 e. The quantitative estimate of drug-likeness (QED) is 0.553. The van der Waals surface area contributed by atoms with Gasteiger partial charge in [-0.15, -0.1) is 0 Å². The fraction of sp³-hybridized carbons (Fsp3) is 0.667. The number of hydrogen-bond acceptors (Lipinski definition) is 6. The summed E-state index contributed by atoms with van der Waals surface area (Å²) < 4.78 is 5.51. The largest absolute Gasteiger partial charge is 0.491 e. The second-order valence-electron chi connectivity index (χ2n) is 8.03. The zero-order valence-corrected chi connectivity index (χ0v) is 16.9. The SMILES string of the molecule is O=C(C1CCN(CC(O)COc2cccc([N+](=O)[O-])c2)CC1)N1CCCCCC1. The Balaban J connectivity index is 1.39. The summed E-state index contributed by atoms with van der Waals surface area (Å²) in [7, 11) is 0. The van der Waals surface area contributed by atoms with E-state index in [0.717, 1.165) is 51.9 Å². The maximum atomic E-state index is 12.8. The summed E-state index contributed by atoms with van der Waals surface area (Å²) in [5.41, 5.74) is -0.0341. The Kier molecular flexibility index (Phi) is 7.83. The van der Waals surface area contributed by atoms with Gasteiger partial charge < -0.3 is 19.6 Å². The summed E-state index contributed by atoms with van der Waals surface area (Å²) in [6, 6.07) is 5.96. The van der Waals surface area contributed by atoms with Crippen LogP contribution in [-0.2, 0) is 4.79 Å². The fourth-order valence-corrected chi connectivity index (χ4v) is 4.14. The molecule has 8 nitrogen and oxygen atoms in total. The average molecular weight is 405 g/mol. The number of benzene rings is 1. The summed E-state index contributed by atoms with van der Waals surface area (Å²) in [4.78, 5) is 27.3. The number of piperidine rings is 1. The number of nitro groups is 1. The number of hydrogen-bond donors (Lipinski definition) is 1. The summed E-state index contributed by atoms with van der Waals surface area (Å²) in [5, 5.41) is 21.1. The maximum Gasteiger partial charge on any atom is 0.273 e. The zero-order chi connectivity index (χ0) is 20.6. The molecule has 2 heterocycles. The number of carbonyl (C=O) groups is 1. The molecule has 0 bridgehead atoms. The molecule has 1 aromatic rings. The first-order valence-corrected chi connectivity index (χ1v) is 10.6. The van der Waals surface area contributed by atoms with Crippen molar-refractivity contribution in [2.75, 3.05) is 39.3 Å². The third-order valence-electron chi connectivity index (χ3n) is 5.79. The minimum Gasteiger partial charge on any atom is -0.491 e. The first-order chi connectivity index (χ1) is 14.0. The molecule has 8 heteroatoms. The molecule has 1 aromatic carbocycles. The minimum absolute atomic E-state index is 0.0341. The molecule has 1 N–H and O–H groups in total. The van der Waals surface area contributed by atoms with Crippen molar-refractivity contribution in [2.45, 2.75) is 44.6 Å². The van der Waals surface area contributed by atoms with Gasteiger partial charge in [0.2, 0.25) is 5.91 Å². The predicted octanol–water partition coefficient (Wildman–Crippen LogP) is 2.45. The molecular formula is C21H31N3O5. The number of aliphatic hydroxyl groups is 1. The van der Waals surface area contributed by atoms with Gasteiger partial charge in [0.1, 0.15) is 18.5 Å². The highest BCUT2D eigenvalue weighted by Gasteiger charge is 2.29. The number of likely N-dealkylation sites (tertiary alicyclic amines) is 2. The van der Waals surface area contributed by atoms with Gasteiger partial charge in [-0.25, -0.2) is 0 Å². The van der Waals surface area contributed by atoms with E-state index in [2.05, 4.69) is 9.80 Å². The predicted molar refractivity (Wildman–Crippen MR) is 109 cm³/mol. The molecule has 2 aliphatic heterocycles. The summed E-state index contributed by atoms with van der Waals surface area (Å²) in [6.07, 6.45) is 5.63. The number of amides is 1. The lowest BCUT2D eigenvalue weighted by atomic mass is 9.95. The molecule has 0 saturated carbocycles. The van der Waals surface area contributed by atoms with Crippen molar-refractivity contribution in [3.05, 3.63) is 34.4 Å². The second kappa shape index (κ2) is 10.5. The molecule has 2 saturated heterocycles. The van der Waals surface area contributed by atoms with Crippen molar-refractivity contribution in [1.29, 1.82) is 0 Å². The first kappa shape index (κ1) is 21.5. The molecule has 3 rings (SSSR count). The second-order valence-corrected chi connectivity index (χ2v) is 8.03. The number of nitro benzene ring substituents is 1. The normalized spacial score (nSPS) is 20.1. The van der Waals surface area contributed by atoms with Gasteiger partial charge in [0.05, 0.1) is 11.0 Å². The van der Waals surface area contributed by atoms with E-state index in [-0.39, 0.29) is 18.2 Å². The molecule has 1 amide bonds. The van der Waals surface area contributed by atoms with E-state index < -0.39 is 11.0 Å². The number of β-amino-alcohol motifs (C(OH)–C–C–N with tert-alkyl or cyclic N) is 1. The van der Waals surface area contributed by atoms with Crippen LogP contribution in [0.4, 0.5) is 5.69 Å². The van der Waals surface area contributed by atoms with Crippen LogP contribution >= 0.6 is 0 Å². The van der Waals surface area contributed by atoms with Crippen molar-refractivity contribution in [3.63, 3.8) is 0 Å². The Bertz CT molecular complexity index is 683. The standard InChI is InChI=1S/C21H31N3O5/c25-19(16-29-20-7-5-6-18(14-20)24(27)28)15-22-12-8-17(9-13-22)21(26)23-10-3-1-2-4-11-23/h5-7,14,17,19,25H,1-4,8-13,15-16H2. The molecule has 1 unspecified atom stereocenters. The van der Waals surface area contributed by atoms with E-state index in [1.54, 1.807) is 12.1 Å². The van der Waals surface area contributed by atoms with Crippen LogP contribution in [0.1, 0.15) is 38.5 Å². The molecule has 2 aliphatic rings. The highest BCUT2D eigenvalue weighted by atomic mass is 16.6. The number of aliphatic hydroxyl groups excluding tert-OH is 1. The molecule has 0 aliphatic carbocycles. The average Bonchev–Trinajstić information content (AvgIpc) is 3.02. The van der Waals surface area contributed by atoms with Gasteiger partial charge in [-0.2, -0.15) is 0 Å². The van der Waals surface area contributed by atoms with Gasteiger partial charge in [-0.1, -0.05) is 18.9 Å². The molecule has 1 atom stereocenters. The van der Waals surface area contributed by atoms with Crippen molar-refractivity contribution in [2.24, 2.45) is 5.92 Å². The minimum atomic E-state index is -0.688. The lowest BCUT2D eigenvalue weighted by Crippen LogP contribution is -2.45. The van der Waals surface area contributed by atoms with E-state index in [9.17, 15) is 20.0 Å². The van der Waals surface area contributed by atoms with Gasteiger partial charge in [0.15, 0.2) is 0 Å². The summed E-state index contributed by atoms with van der Waals surface area (Å²) in [5.74, 6) is 0.781. The Labute approximate surface area is 171 Å². The fourth-order valence-electron chi connectivity index (χ4n) is 4.14. The lowest BCUT2D eigenvalue weighted by Gasteiger charge is -2.34. The van der Waals surface area contributed by atoms with Gasteiger partial charge in [-0.05, 0) is 44.8 Å². The Morgan fingerprint density at radius 3 is 2.52 bits per heavy atom. The monoisotopic (exact) mass is 405 g/mol. The summed E-state index contributed by atoms with van der Waals surface area (Å²) >= 11 is 0. The molecular weight excluding hydrogens is 374 g/mol. The van der Waals surface area contributed by atoms with Crippen LogP contribution in [0, 0.1) is 16.0 Å². The number of rotatable bonds is 7. The van der Waals surface area contributed by atoms with Crippen LogP contribution in [0.25, 0.3) is 0 Å². The third-order valence-corrected chi connectivity index (χ3v) is 5.79. The van der Waals surface area contributed by atoms with Crippen LogP contribution in [0.5, 0.6) is 5.75 Å². The number of non-ortho nitro benzene ring substituents is 1. The Morgan fingerprint density at radius 1 is 1.17 bits per heavy atom. The van der Waals surface area contributed by atoms with E-state index >= 15 is 0 Å². The molecule has 0 radical (unpaired) electrons. The topological polar surface area (TPSA) is 96.2 Å². The third kappa shape index (κ3) is 6.40. The van der Waals surface area contributed by atoms with Crippen LogP contribution in [0.2, 0.25) is 0 Å². The molecule has 0 spiro atoms. The van der Waals surface area contributed by atoms with Crippen molar-refractivity contribution < 1.29 is 19.6 Å². The van der Waals surface area contributed by atoms with Crippen LogP contribution in [-0.4, -0.2) is 71.2 Å². The molecule has 160 valence electrons. The van der Waals surface area contributed by atoms with Crippen molar-refractivity contribution in [3.8, 4) is 5.75 Å². The number of ether oxygens (including phenoxy) is 1. The molecule has 0 aromatic heterocycles.